The highest BCUT2D eigenvalue weighted by atomic mass is 32.1. The lowest BCUT2D eigenvalue weighted by atomic mass is 10.0. The number of rotatable bonds is 3. The maximum Gasteiger partial charge on any atom is 0.264 e. The maximum absolute atomic E-state index is 12.3. The monoisotopic (exact) mass is 314 g/mol. The molecule has 0 radical (unpaired) electrons. The number of anilines is 1. The first-order chi connectivity index (χ1) is 10.6. The molecule has 0 spiro atoms. The molecule has 0 N–H and O–H groups in total. The van der Waals surface area contributed by atoms with E-state index in [9.17, 15) is 4.79 Å². The van der Waals surface area contributed by atoms with E-state index in [1.54, 1.807) is 0 Å². The molecule has 3 rings (SSSR count). The molecule has 0 bridgehead atoms. The molecular weight excluding hydrogens is 292 g/mol. The maximum atomic E-state index is 12.3. The Morgan fingerprint density at radius 2 is 1.73 bits per heavy atom. The molecule has 2 aromatic rings. The molecule has 2 heterocycles. The van der Waals surface area contributed by atoms with Gasteiger partial charge in [0, 0.05) is 31.9 Å². The Morgan fingerprint density at radius 1 is 1.05 bits per heavy atom. The van der Waals surface area contributed by atoms with Crippen LogP contribution in [0.2, 0.25) is 0 Å². The van der Waals surface area contributed by atoms with Crippen LogP contribution in [0.25, 0.3) is 0 Å². The van der Waals surface area contributed by atoms with E-state index in [0.717, 1.165) is 31.1 Å². The zero-order valence-corrected chi connectivity index (χ0v) is 14.0. The number of carbonyl (C=O) groups is 1. The summed E-state index contributed by atoms with van der Waals surface area (Å²) in [5, 5.41) is 1.96. The summed E-state index contributed by atoms with van der Waals surface area (Å²) in [7, 11) is 0. The molecule has 1 fully saturated rings. The van der Waals surface area contributed by atoms with Crippen LogP contribution in [0.5, 0.6) is 0 Å². The van der Waals surface area contributed by atoms with Crippen molar-refractivity contribution in [1.82, 2.24) is 4.90 Å². The van der Waals surface area contributed by atoms with Crippen molar-refractivity contribution in [2.45, 2.75) is 19.8 Å². The van der Waals surface area contributed by atoms with Crippen LogP contribution in [0, 0.1) is 0 Å². The Balaban J connectivity index is 1.60. The first kappa shape index (κ1) is 15.1. The number of amides is 1. The Labute approximate surface area is 136 Å². The third-order valence-electron chi connectivity index (χ3n) is 4.22. The summed E-state index contributed by atoms with van der Waals surface area (Å²) in [6.07, 6.45) is 0. The van der Waals surface area contributed by atoms with Gasteiger partial charge in [-0.1, -0.05) is 32.0 Å². The molecule has 1 saturated heterocycles. The van der Waals surface area contributed by atoms with Gasteiger partial charge in [-0.25, -0.2) is 0 Å². The molecule has 4 heteroatoms. The average Bonchev–Trinajstić information content (AvgIpc) is 3.09. The predicted octanol–water partition coefficient (Wildman–Crippen LogP) is 3.83. The Morgan fingerprint density at radius 3 is 2.27 bits per heavy atom. The van der Waals surface area contributed by atoms with Gasteiger partial charge in [0.25, 0.3) is 5.91 Å². The molecule has 116 valence electrons. The van der Waals surface area contributed by atoms with Gasteiger partial charge in [0.1, 0.15) is 0 Å². The second kappa shape index (κ2) is 6.53. The van der Waals surface area contributed by atoms with Gasteiger partial charge < -0.3 is 9.80 Å². The topological polar surface area (TPSA) is 23.6 Å². The average molecular weight is 314 g/mol. The first-order valence-corrected chi connectivity index (χ1v) is 8.71. The van der Waals surface area contributed by atoms with E-state index in [4.69, 9.17) is 0 Å². The standard InChI is InChI=1S/C18H22N2OS/c1-14(2)15-5-7-16(8-6-15)19-9-11-20(12-10-19)18(21)17-4-3-13-22-17/h3-8,13-14H,9-12H2,1-2H3. The fraction of sp³-hybridized carbons (Fsp3) is 0.389. The molecule has 1 aromatic carbocycles. The van der Waals surface area contributed by atoms with Crippen LogP contribution in [0.1, 0.15) is 35.0 Å². The summed E-state index contributed by atoms with van der Waals surface area (Å²) < 4.78 is 0. The van der Waals surface area contributed by atoms with Crippen LogP contribution in [-0.2, 0) is 0 Å². The van der Waals surface area contributed by atoms with Gasteiger partial charge in [-0.2, -0.15) is 0 Å². The second-order valence-electron chi connectivity index (χ2n) is 6.00. The molecule has 22 heavy (non-hydrogen) atoms. The van der Waals surface area contributed by atoms with Crippen LogP contribution >= 0.6 is 11.3 Å². The molecule has 1 aromatic heterocycles. The lowest BCUT2D eigenvalue weighted by molar-refractivity contribution is 0.0751. The molecular formula is C18H22N2OS. The minimum Gasteiger partial charge on any atom is -0.368 e. The Bertz CT molecular complexity index is 611. The largest absolute Gasteiger partial charge is 0.368 e. The second-order valence-corrected chi connectivity index (χ2v) is 6.95. The third-order valence-corrected chi connectivity index (χ3v) is 5.08. The number of benzene rings is 1. The zero-order valence-electron chi connectivity index (χ0n) is 13.2. The van der Waals surface area contributed by atoms with E-state index in [-0.39, 0.29) is 5.91 Å². The number of hydrogen-bond donors (Lipinski definition) is 0. The number of thiophene rings is 1. The number of nitrogens with zero attached hydrogens (tertiary/aromatic N) is 2. The van der Waals surface area contributed by atoms with Crippen LogP contribution in [0.15, 0.2) is 41.8 Å². The van der Waals surface area contributed by atoms with Crippen LogP contribution in [-0.4, -0.2) is 37.0 Å². The lowest BCUT2D eigenvalue weighted by Crippen LogP contribution is -2.48. The van der Waals surface area contributed by atoms with Crippen molar-refractivity contribution in [3.8, 4) is 0 Å². The number of hydrogen-bond acceptors (Lipinski definition) is 3. The normalized spacial score (nSPS) is 15.4. The molecule has 0 aliphatic carbocycles. The first-order valence-electron chi connectivity index (χ1n) is 7.83. The lowest BCUT2D eigenvalue weighted by Gasteiger charge is -2.36. The highest BCUT2D eigenvalue weighted by molar-refractivity contribution is 7.12. The van der Waals surface area contributed by atoms with Crippen molar-refractivity contribution in [3.05, 3.63) is 52.2 Å². The van der Waals surface area contributed by atoms with Gasteiger partial charge in [0.2, 0.25) is 0 Å². The molecule has 1 amide bonds. The van der Waals surface area contributed by atoms with Crippen LogP contribution < -0.4 is 4.90 Å². The number of carbonyl (C=O) groups excluding carboxylic acids is 1. The predicted molar refractivity (Wildman–Crippen MR) is 93.0 cm³/mol. The Kier molecular flexibility index (Phi) is 4.48. The Hall–Kier alpha value is -1.81. The van der Waals surface area contributed by atoms with Crippen molar-refractivity contribution >= 4 is 22.9 Å². The number of piperazine rings is 1. The van der Waals surface area contributed by atoms with E-state index in [0.29, 0.717) is 5.92 Å². The minimum absolute atomic E-state index is 0.171. The quantitative estimate of drug-likeness (QED) is 0.859. The van der Waals surface area contributed by atoms with E-state index < -0.39 is 0 Å². The van der Waals surface area contributed by atoms with Gasteiger partial charge in [-0.3, -0.25) is 4.79 Å². The van der Waals surface area contributed by atoms with E-state index in [1.165, 1.54) is 22.6 Å². The van der Waals surface area contributed by atoms with Gasteiger partial charge in [-0.15, -0.1) is 11.3 Å². The highest BCUT2D eigenvalue weighted by Gasteiger charge is 2.22. The van der Waals surface area contributed by atoms with Gasteiger partial charge in [-0.05, 0) is 35.1 Å². The van der Waals surface area contributed by atoms with Gasteiger partial charge >= 0.3 is 0 Å². The van der Waals surface area contributed by atoms with E-state index in [2.05, 4.69) is 43.0 Å². The summed E-state index contributed by atoms with van der Waals surface area (Å²) in [4.78, 5) is 17.5. The van der Waals surface area contributed by atoms with Crippen molar-refractivity contribution in [2.24, 2.45) is 0 Å². The minimum atomic E-state index is 0.171. The van der Waals surface area contributed by atoms with Crippen LogP contribution in [0.3, 0.4) is 0 Å². The fourth-order valence-electron chi connectivity index (χ4n) is 2.79. The summed E-state index contributed by atoms with van der Waals surface area (Å²) in [6, 6.07) is 12.7. The molecule has 3 nitrogen and oxygen atoms in total. The van der Waals surface area contributed by atoms with Crippen molar-refractivity contribution < 1.29 is 4.79 Å². The molecule has 1 aliphatic heterocycles. The highest BCUT2D eigenvalue weighted by Crippen LogP contribution is 2.22. The summed E-state index contributed by atoms with van der Waals surface area (Å²) >= 11 is 1.52. The summed E-state index contributed by atoms with van der Waals surface area (Å²) in [6.45, 7) is 7.82. The summed E-state index contributed by atoms with van der Waals surface area (Å²) in [5.74, 6) is 0.735. The molecule has 0 saturated carbocycles. The molecule has 0 unspecified atom stereocenters. The SMILES string of the molecule is CC(C)c1ccc(N2CCN(C(=O)c3cccs3)CC2)cc1. The summed E-state index contributed by atoms with van der Waals surface area (Å²) in [5.41, 5.74) is 2.63. The van der Waals surface area contributed by atoms with Crippen molar-refractivity contribution in [1.29, 1.82) is 0 Å². The van der Waals surface area contributed by atoms with Gasteiger partial charge in [0.05, 0.1) is 4.88 Å². The fourth-order valence-corrected chi connectivity index (χ4v) is 3.48. The molecule has 0 atom stereocenters. The van der Waals surface area contributed by atoms with E-state index in [1.807, 2.05) is 22.4 Å². The third kappa shape index (κ3) is 3.17. The van der Waals surface area contributed by atoms with E-state index >= 15 is 0 Å². The van der Waals surface area contributed by atoms with Crippen molar-refractivity contribution in [2.75, 3.05) is 31.1 Å². The van der Waals surface area contributed by atoms with Crippen LogP contribution in [0.4, 0.5) is 5.69 Å². The zero-order chi connectivity index (χ0) is 15.5. The smallest absolute Gasteiger partial charge is 0.264 e. The van der Waals surface area contributed by atoms with Gasteiger partial charge in [0.15, 0.2) is 0 Å². The molecule has 1 aliphatic rings. The van der Waals surface area contributed by atoms with Crippen molar-refractivity contribution in [3.63, 3.8) is 0 Å².